The van der Waals surface area contributed by atoms with E-state index in [9.17, 15) is 0 Å². The van der Waals surface area contributed by atoms with E-state index in [0.29, 0.717) is 6.04 Å². The molecule has 1 aliphatic rings. The highest BCUT2D eigenvalue weighted by Crippen LogP contribution is 2.41. The third kappa shape index (κ3) is 3.22. The summed E-state index contributed by atoms with van der Waals surface area (Å²) >= 11 is 3.67. The number of hydrogen-bond acceptors (Lipinski definition) is 1. The normalized spacial score (nSPS) is 25.3. The Morgan fingerprint density at radius 1 is 1.32 bits per heavy atom. The van der Waals surface area contributed by atoms with Crippen LogP contribution in [0, 0.1) is 18.8 Å². The average Bonchev–Trinajstić information content (AvgIpc) is 2.45. The lowest BCUT2D eigenvalue weighted by molar-refractivity contribution is 0.180. The summed E-state index contributed by atoms with van der Waals surface area (Å²) in [5, 5.41) is 3.60. The Kier molecular flexibility index (Phi) is 5.47. The van der Waals surface area contributed by atoms with Gasteiger partial charge in [0, 0.05) is 10.5 Å². The van der Waals surface area contributed by atoms with Crippen LogP contribution in [-0.2, 0) is 0 Å². The van der Waals surface area contributed by atoms with E-state index in [2.05, 4.69) is 60.3 Å². The fourth-order valence-corrected chi connectivity index (χ4v) is 4.12. The standard InChI is InChI=1S/C17H26BrN/c1-4-13-8-5-6-9-15(13)17(19-3)14-10-7-11-16(18)12(14)2/h7,10-11,13,15,17,19H,4-6,8-9H2,1-3H3. The Morgan fingerprint density at radius 2 is 2.05 bits per heavy atom. The van der Waals surface area contributed by atoms with Crippen LogP contribution in [0.2, 0.25) is 0 Å². The Morgan fingerprint density at radius 3 is 2.74 bits per heavy atom. The highest BCUT2D eigenvalue weighted by molar-refractivity contribution is 9.10. The lowest BCUT2D eigenvalue weighted by Crippen LogP contribution is -2.33. The Balaban J connectivity index is 2.30. The first-order valence-electron chi connectivity index (χ1n) is 7.61. The topological polar surface area (TPSA) is 12.0 Å². The molecular formula is C17H26BrN. The zero-order valence-corrected chi connectivity index (χ0v) is 14.0. The summed E-state index contributed by atoms with van der Waals surface area (Å²) in [6.45, 7) is 4.58. The fourth-order valence-electron chi connectivity index (χ4n) is 3.74. The molecule has 1 nitrogen and oxygen atoms in total. The first-order valence-corrected chi connectivity index (χ1v) is 8.40. The van der Waals surface area contributed by atoms with Crippen molar-refractivity contribution in [2.24, 2.45) is 11.8 Å². The maximum absolute atomic E-state index is 3.67. The van der Waals surface area contributed by atoms with Crippen LogP contribution in [0.4, 0.5) is 0 Å². The monoisotopic (exact) mass is 323 g/mol. The van der Waals surface area contributed by atoms with Gasteiger partial charge in [0.25, 0.3) is 0 Å². The second kappa shape index (κ2) is 6.90. The molecule has 0 amide bonds. The van der Waals surface area contributed by atoms with Crippen LogP contribution in [0.25, 0.3) is 0 Å². The quantitative estimate of drug-likeness (QED) is 0.799. The third-order valence-electron chi connectivity index (χ3n) is 4.88. The molecule has 1 aromatic rings. The second-order valence-corrected chi connectivity index (χ2v) is 6.69. The van der Waals surface area contributed by atoms with Crippen LogP contribution >= 0.6 is 15.9 Å². The predicted octanol–water partition coefficient (Wildman–Crippen LogP) is 5.23. The molecule has 1 aliphatic carbocycles. The summed E-state index contributed by atoms with van der Waals surface area (Å²) < 4.78 is 1.23. The first-order chi connectivity index (χ1) is 9.19. The first kappa shape index (κ1) is 15.1. The van der Waals surface area contributed by atoms with E-state index >= 15 is 0 Å². The second-order valence-electron chi connectivity index (χ2n) is 5.84. The van der Waals surface area contributed by atoms with Gasteiger partial charge in [0.15, 0.2) is 0 Å². The van der Waals surface area contributed by atoms with Crippen molar-refractivity contribution in [3.8, 4) is 0 Å². The van der Waals surface area contributed by atoms with Gasteiger partial charge in [-0.15, -0.1) is 0 Å². The highest BCUT2D eigenvalue weighted by Gasteiger charge is 2.31. The van der Waals surface area contributed by atoms with Crippen LogP contribution < -0.4 is 5.32 Å². The molecule has 0 radical (unpaired) electrons. The van der Waals surface area contributed by atoms with Gasteiger partial charge in [-0.3, -0.25) is 0 Å². The van der Waals surface area contributed by atoms with Gasteiger partial charge in [0.1, 0.15) is 0 Å². The van der Waals surface area contributed by atoms with Crippen LogP contribution in [-0.4, -0.2) is 7.05 Å². The van der Waals surface area contributed by atoms with Crippen molar-refractivity contribution in [1.82, 2.24) is 5.32 Å². The van der Waals surface area contributed by atoms with E-state index in [1.807, 2.05) is 0 Å². The number of rotatable bonds is 4. The van der Waals surface area contributed by atoms with E-state index in [-0.39, 0.29) is 0 Å². The van der Waals surface area contributed by atoms with Gasteiger partial charge in [0.05, 0.1) is 0 Å². The summed E-state index contributed by atoms with van der Waals surface area (Å²) in [6, 6.07) is 7.11. The summed E-state index contributed by atoms with van der Waals surface area (Å²) in [6.07, 6.45) is 6.91. The zero-order chi connectivity index (χ0) is 13.8. The Labute approximate surface area is 126 Å². The molecule has 2 heteroatoms. The molecule has 0 aliphatic heterocycles. The predicted molar refractivity (Wildman–Crippen MR) is 86.4 cm³/mol. The molecule has 1 fully saturated rings. The average molecular weight is 324 g/mol. The molecule has 106 valence electrons. The fraction of sp³-hybridized carbons (Fsp3) is 0.647. The Bertz CT molecular complexity index is 416. The van der Waals surface area contributed by atoms with Crippen molar-refractivity contribution >= 4 is 15.9 Å². The van der Waals surface area contributed by atoms with E-state index in [0.717, 1.165) is 11.8 Å². The summed E-state index contributed by atoms with van der Waals surface area (Å²) in [5.74, 6) is 1.67. The minimum absolute atomic E-state index is 0.503. The lowest BCUT2D eigenvalue weighted by Gasteiger charge is -2.37. The van der Waals surface area contributed by atoms with E-state index in [1.165, 1.54) is 47.7 Å². The molecule has 1 N–H and O–H groups in total. The largest absolute Gasteiger partial charge is 0.313 e. The van der Waals surface area contributed by atoms with Crippen LogP contribution in [0.15, 0.2) is 22.7 Å². The number of hydrogen-bond donors (Lipinski definition) is 1. The van der Waals surface area contributed by atoms with Crippen LogP contribution in [0.3, 0.4) is 0 Å². The van der Waals surface area contributed by atoms with Crippen molar-refractivity contribution in [2.75, 3.05) is 7.05 Å². The third-order valence-corrected chi connectivity index (χ3v) is 5.74. The van der Waals surface area contributed by atoms with Gasteiger partial charge in [-0.1, -0.05) is 60.7 Å². The van der Waals surface area contributed by atoms with E-state index in [4.69, 9.17) is 0 Å². The lowest BCUT2D eigenvalue weighted by atomic mass is 9.72. The number of benzene rings is 1. The summed E-state index contributed by atoms with van der Waals surface area (Å²) in [5.41, 5.74) is 2.87. The van der Waals surface area contributed by atoms with Crippen LogP contribution in [0.1, 0.15) is 56.2 Å². The molecule has 19 heavy (non-hydrogen) atoms. The molecule has 0 aromatic heterocycles. The molecule has 3 atom stereocenters. The summed E-state index contributed by atoms with van der Waals surface area (Å²) in [4.78, 5) is 0. The van der Waals surface area contributed by atoms with Gasteiger partial charge in [-0.05, 0) is 49.4 Å². The maximum Gasteiger partial charge on any atom is 0.0351 e. The Hall–Kier alpha value is -0.340. The highest BCUT2D eigenvalue weighted by atomic mass is 79.9. The van der Waals surface area contributed by atoms with Crippen molar-refractivity contribution in [3.63, 3.8) is 0 Å². The maximum atomic E-state index is 3.67. The van der Waals surface area contributed by atoms with Crippen molar-refractivity contribution < 1.29 is 0 Å². The van der Waals surface area contributed by atoms with Gasteiger partial charge in [0.2, 0.25) is 0 Å². The van der Waals surface area contributed by atoms with Crippen molar-refractivity contribution in [2.45, 2.75) is 52.0 Å². The minimum Gasteiger partial charge on any atom is -0.313 e. The van der Waals surface area contributed by atoms with Gasteiger partial charge in [-0.25, -0.2) is 0 Å². The minimum atomic E-state index is 0.503. The van der Waals surface area contributed by atoms with E-state index in [1.54, 1.807) is 0 Å². The molecular weight excluding hydrogens is 298 g/mol. The molecule has 3 unspecified atom stereocenters. The molecule has 1 saturated carbocycles. The molecule has 0 bridgehead atoms. The number of halogens is 1. The van der Waals surface area contributed by atoms with Gasteiger partial charge in [-0.2, -0.15) is 0 Å². The van der Waals surface area contributed by atoms with E-state index < -0.39 is 0 Å². The summed E-state index contributed by atoms with van der Waals surface area (Å²) in [7, 11) is 2.12. The molecule has 0 heterocycles. The van der Waals surface area contributed by atoms with Gasteiger partial charge >= 0.3 is 0 Å². The SMILES string of the molecule is CCC1CCCCC1C(NC)c1cccc(Br)c1C. The molecule has 0 spiro atoms. The zero-order valence-electron chi connectivity index (χ0n) is 12.4. The smallest absolute Gasteiger partial charge is 0.0351 e. The number of nitrogens with one attached hydrogen (secondary N) is 1. The van der Waals surface area contributed by atoms with Crippen molar-refractivity contribution in [3.05, 3.63) is 33.8 Å². The van der Waals surface area contributed by atoms with Crippen molar-refractivity contribution in [1.29, 1.82) is 0 Å². The van der Waals surface area contributed by atoms with Crippen LogP contribution in [0.5, 0.6) is 0 Å². The molecule has 2 rings (SSSR count). The van der Waals surface area contributed by atoms with Gasteiger partial charge < -0.3 is 5.32 Å². The molecule has 1 aromatic carbocycles. The molecule has 0 saturated heterocycles.